The number of benzene rings is 2. The van der Waals surface area contributed by atoms with Gasteiger partial charge in [-0.05, 0) is 30.5 Å². The molecule has 3 N–H and O–H groups in total. The van der Waals surface area contributed by atoms with Gasteiger partial charge in [-0.3, -0.25) is 9.59 Å². The first-order chi connectivity index (χ1) is 12.1. The molecule has 1 heterocycles. The Bertz CT molecular complexity index is 933. The van der Waals surface area contributed by atoms with Crippen molar-refractivity contribution in [3.05, 3.63) is 76.1 Å². The molecule has 1 amide bonds. The van der Waals surface area contributed by atoms with E-state index in [1.807, 2.05) is 36.4 Å². The second-order valence-corrected chi connectivity index (χ2v) is 5.94. The maximum Gasteiger partial charge on any atom is 0.217 e. The fourth-order valence-corrected chi connectivity index (χ4v) is 2.71. The van der Waals surface area contributed by atoms with Gasteiger partial charge in [0, 0.05) is 29.6 Å². The van der Waals surface area contributed by atoms with Gasteiger partial charge in [-0.25, -0.2) is 0 Å². The first-order valence-corrected chi connectivity index (χ1v) is 8.23. The number of ether oxygens (including phenoxy) is 1. The highest BCUT2D eigenvalue weighted by Crippen LogP contribution is 2.19. The number of primary amides is 1. The highest BCUT2D eigenvalue weighted by atomic mass is 16.5. The zero-order chi connectivity index (χ0) is 17.6. The number of aromatic amines is 1. The summed E-state index contributed by atoms with van der Waals surface area (Å²) in [5.41, 5.74) is 7.59. The highest BCUT2D eigenvalue weighted by Gasteiger charge is 2.07. The molecule has 0 saturated carbocycles. The molecule has 3 aromatic rings. The van der Waals surface area contributed by atoms with Gasteiger partial charge in [0.25, 0.3) is 0 Å². The average Bonchev–Trinajstić information content (AvgIpc) is 2.62. The van der Waals surface area contributed by atoms with E-state index < -0.39 is 0 Å². The van der Waals surface area contributed by atoms with Crippen LogP contribution in [0.4, 0.5) is 0 Å². The number of hydrogen-bond acceptors (Lipinski definition) is 3. The molecule has 0 unspecified atom stereocenters. The summed E-state index contributed by atoms with van der Waals surface area (Å²) in [4.78, 5) is 26.5. The molecule has 5 heteroatoms. The number of fused-ring (bicyclic) bond motifs is 1. The summed E-state index contributed by atoms with van der Waals surface area (Å²) < 4.78 is 5.79. The molecule has 0 aliphatic carbocycles. The number of H-pyrrole nitrogens is 1. The maximum atomic E-state index is 12.5. The Hall–Kier alpha value is -3.08. The molecule has 1 aromatic heterocycles. The molecule has 0 atom stereocenters. The van der Waals surface area contributed by atoms with Crippen molar-refractivity contribution in [2.45, 2.75) is 25.9 Å². The zero-order valence-corrected chi connectivity index (χ0v) is 13.8. The molecule has 0 fully saturated rings. The van der Waals surface area contributed by atoms with Crippen LogP contribution < -0.4 is 15.9 Å². The predicted octanol–water partition coefficient (Wildman–Crippen LogP) is 2.92. The lowest BCUT2D eigenvalue weighted by Gasteiger charge is -2.08. The van der Waals surface area contributed by atoms with Gasteiger partial charge >= 0.3 is 0 Å². The maximum absolute atomic E-state index is 12.5. The van der Waals surface area contributed by atoms with Crippen LogP contribution in [0.15, 0.2) is 59.5 Å². The zero-order valence-electron chi connectivity index (χ0n) is 13.8. The number of amides is 1. The summed E-state index contributed by atoms with van der Waals surface area (Å²) >= 11 is 0. The average molecular weight is 336 g/mol. The van der Waals surface area contributed by atoms with E-state index in [4.69, 9.17) is 10.5 Å². The Labute approximate surface area is 145 Å². The van der Waals surface area contributed by atoms with E-state index in [0.29, 0.717) is 36.1 Å². The van der Waals surface area contributed by atoms with Crippen molar-refractivity contribution in [3.63, 3.8) is 0 Å². The van der Waals surface area contributed by atoms with Crippen molar-refractivity contribution < 1.29 is 9.53 Å². The Morgan fingerprint density at radius 2 is 1.92 bits per heavy atom. The van der Waals surface area contributed by atoms with E-state index in [1.165, 1.54) is 0 Å². The van der Waals surface area contributed by atoms with Crippen molar-refractivity contribution in [3.8, 4) is 5.75 Å². The minimum Gasteiger partial charge on any atom is -0.489 e. The number of aromatic nitrogens is 1. The van der Waals surface area contributed by atoms with Crippen LogP contribution in [0.25, 0.3) is 10.9 Å². The first-order valence-electron chi connectivity index (χ1n) is 8.23. The van der Waals surface area contributed by atoms with Gasteiger partial charge in [0.05, 0.1) is 5.52 Å². The second-order valence-electron chi connectivity index (χ2n) is 5.94. The van der Waals surface area contributed by atoms with Crippen LogP contribution in [-0.4, -0.2) is 10.9 Å². The summed E-state index contributed by atoms with van der Waals surface area (Å²) in [7, 11) is 0. The normalized spacial score (nSPS) is 10.7. The third-order valence-electron chi connectivity index (χ3n) is 4.05. The molecule has 2 aromatic carbocycles. The second kappa shape index (κ2) is 7.66. The number of nitrogens with one attached hydrogen (secondary N) is 1. The summed E-state index contributed by atoms with van der Waals surface area (Å²) in [5.74, 6) is 0.353. The Balaban J connectivity index is 1.75. The van der Waals surface area contributed by atoms with E-state index in [0.717, 1.165) is 11.1 Å². The molecule has 0 aliphatic rings. The van der Waals surface area contributed by atoms with Gasteiger partial charge < -0.3 is 15.5 Å². The molecule has 0 radical (unpaired) electrons. The number of carbonyl (C=O) groups excluding carboxylic acids is 1. The molecule has 0 bridgehead atoms. The van der Waals surface area contributed by atoms with Gasteiger partial charge in [-0.15, -0.1) is 0 Å². The van der Waals surface area contributed by atoms with Crippen molar-refractivity contribution in [2.24, 2.45) is 5.73 Å². The third kappa shape index (κ3) is 4.26. The largest absolute Gasteiger partial charge is 0.489 e. The molecule has 0 aliphatic heterocycles. The number of hydrogen-bond donors (Lipinski definition) is 2. The number of rotatable bonds is 7. The van der Waals surface area contributed by atoms with E-state index in [9.17, 15) is 9.59 Å². The van der Waals surface area contributed by atoms with Crippen LogP contribution in [0.5, 0.6) is 5.75 Å². The van der Waals surface area contributed by atoms with Crippen molar-refractivity contribution in [2.75, 3.05) is 0 Å². The SMILES string of the molecule is NC(=O)CCCc1c[nH]c2cc(OCc3ccccc3)ccc2c1=O. The lowest BCUT2D eigenvalue weighted by Crippen LogP contribution is -2.13. The predicted molar refractivity (Wildman–Crippen MR) is 97.5 cm³/mol. The van der Waals surface area contributed by atoms with Crippen LogP contribution in [-0.2, 0) is 17.8 Å². The molecular weight excluding hydrogens is 316 g/mol. The molecule has 0 spiro atoms. The lowest BCUT2D eigenvalue weighted by atomic mass is 10.1. The van der Waals surface area contributed by atoms with E-state index in [2.05, 4.69) is 4.98 Å². The molecule has 0 saturated heterocycles. The van der Waals surface area contributed by atoms with Crippen LogP contribution in [0.1, 0.15) is 24.0 Å². The van der Waals surface area contributed by atoms with Gasteiger partial charge in [-0.2, -0.15) is 0 Å². The molecule has 128 valence electrons. The van der Waals surface area contributed by atoms with E-state index >= 15 is 0 Å². The van der Waals surface area contributed by atoms with E-state index in [-0.39, 0.29) is 17.8 Å². The quantitative estimate of drug-likeness (QED) is 0.695. The van der Waals surface area contributed by atoms with Crippen LogP contribution in [0.2, 0.25) is 0 Å². The summed E-state index contributed by atoms with van der Waals surface area (Å²) in [6.45, 7) is 0.474. The third-order valence-corrected chi connectivity index (χ3v) is 4.05. The summed E-state index contributed by atoms with van der Waals surface area (Å²) in [5, 5.41) is 0.614. The number of carbonyl (C=O) groups is 1. The van der Waals surface area contributed by atoms with Crippen LogP contribution >= 0.6 is 0 Å². The number of nitrogens with two attached hydrogens (primary N) is 1. The van der Waals surface area contributed by atoms with Crippen molar-refractivity contribution in [1.82, 2.24) is 4.98 Å². The monoisotopic (exact) mass is 336 g/mol. The molecule has 25 heavy (non-hydrogen) atoms. The fraction of sp³-hybridized carbons (Fsp3) is 0.200. The molecule has 3 rings (SSSR count). The number of aryl methyl sites for hydroxylation is 1. The minimum absolute atomic E-state index is 0.0205. The Morgan fingerprint density at radius 3 is 2.68 bits per heavy atom. The topological polar surface area (TPSA) is 85.2 Å². The minimum atomic E-state index is -0.350. The van der Waals surface area contributed by atoms with Gasteiger partial charge in [-0.1, -0.05) is 30.3 Å². The highest BCUT2D eigenvalue weighted by molar-refractivity contribution is 5.80. The van der Waals surface area contributed by atoms with Gasteiger partial charge in [0.1, 0.15) is 12.4 Å². The van der Waals surface area contributed by atoms with Gasteiger partial charge in [0.2, 0.25) is 5.91 Å². The summed E-state index contributed by atoms with van der Waals surface area (Å²) in [6.07, 6.45) is 3.08. The van der Waals surface area contributed by atoms with Gasteiger partial charge in [0.15, 0.2) is 5.43 Å². The molecular formula is C20H20N2O3. The van der Waals surface area contributed by atoms with Crippen molar-refractivity contribution in [1.29, 1.82) is 0 Å². The van der Waals surface area contributed by atoms with E-state index in [1.54, 1.807) is 18.3 Å². The fourth-order valence-electron chi connectivity index (χ4n) is 2.71. The van der Waals surface area contributed by atoms with Crippen molar-refractivity contribution >= 4 is 16.8 Å². The Kier molecular flexibility index (Phi) is 5.14. The van der Waals surface area contributed by atoms with Crippen LogP contribution in [0.3, 0.4) is 0 Å². The van der Waals surface area contributed by atoms with Crippen LogP contribution in [0, 0.1) is 0 Å². The number of pyridine rings is 1. The smallest absolute Gasteiger partial charge is 0.217 e. The summed E-state index contributed by atoms with van der Waals surface area (Å²) in [6, 6.07) is 15.3. The standard InChI is InChI=1S/C20H20N2O3/c21-19(23)8-4-7-15-12-22-18-11-16(9-10-17(18)20(15)24)25-13-14-5-2-1-3-6-14/h1-3,5-6,9-12H,4,7-8,13H2,(H2,21,23)(H,22,24). The molecule has 5 nitrogen and oxygen atoms in total. The lowest BCUT2D eigenvalue weighted by molar-refractivity contribution is -0.118. The Morgan fingerprint density at radius 1 is 1.12 bits per heavy atom. The first kappa shape index (κ1) is 16.8.